The number of hydrogen-bond donors (Lipinski definition) is 0. The van der Waals surface area contributed by atoms with Crippen LogP contribution in [0.4, 0.5) is 0 Å². The van der Waals surface area contributed by atoms with Crippen LogP contribution in [0, 0.1) is 81.8 Å². The number of hydrogen-bond acceptors (Lipinski definition) is 0. The molecule has 0 N–H and O–H groups in total. The van der Waals surface area contributed by atoms with Crippen molar-refractivity contribution in [1.29, 1.82) is 0 Å². The van der Waals surface area contributed by atoms with Crippen LogP contribution in [0.15, 0.2) is 22.8 Å². The van der Waals surface area contributed by atoms with Crippen LogP contribution >= 0.6 is 0 Å². The van der Waals surface area contributed by atoms with Gasteiger partial charge in [0, 0.05) is 0 Å². The Morgan fingerprint density at radius 3 is 2.27 bits per heavy atom. The molecule has 0 aromatic rings. The molecule has 0 aliphatic heterocycles. The summed E-state index contributed by atoms with van der Waals surface area (Å²) in [5.74, 6) is 11.8. The van der Waals surface area contributed by atoms with Crippen molar-refractivity contribution in [2.75, 3.05) is 0 Å². The van der Waals surface area contributed by atoms with E-state index < -0.39 is 0 Å². The van der Waals surface area contributed by atoms with Gasteiger partial charge in [-0.3, -0.25) is 0 Å². The second-order valence-corrected chi connectivity index (χ2v) is 18.2. The molecule has 0 saturated heterocycles. The van der Waals surface area contributed by atoms with Crippen LogP contribution < -0.4 is 0 Å². The van der Waals surface area contributed by atoms with E-state index >= 15 is 0 Å². The van der Waals surface area contributed by atoms with Crippen LogP contribution in [-0.2, 0) is 0 Å². The lowest BCUT2D eigenvalue weighted by molar-refractivity contribution is -0.0632. The summed E-state index contributed by atoms with van der Waals surface area (Å²) in [7, 11) is 0. The summed E-state index contributed by atoms with van der Waals surface area (Å²) in [6, 6.07) is 0. The molecule has 6 aliphatic carbocycles. The topological polar surface area (TPSA) is 0 Å². The zero-order valence-electron chi connectivity index (χ0n) is 28.9. The molecule has 0 amide bonds. The number of allylic oxidation sites excluding steroid dienone is 4. The third-order valence-corrected chi connectivity index (χ3v) is 15.1. The van der Waals surface area contributed by atoms with E-state index in [0.717, 1.165) is 71.0 Å². The van der Waals surface area contributed by atoms with Crippen LogP contribution in [0.1, 0.15) is 152 Å². The van der Waals surface area contributed by atoms with E-state index in [1.165, 1.54) is 57.8 Å². The van der Waals surface area contributed by atoms with E-state index in [1.807, 2.05) is 5.57 Å². The number of rotatable bonds is 14. The fourth-order valence-corrected chi connectivity index (χ4v) is 11.4. The van der Waals surface area contributed by atoms with E-state index in [9.17, 15) is 0 Å². The molecule has 0 heterocycles. The smallest absolute Gasteiger partial charge is 0.0100 e. The Morgan fingerprint density at radius 2 is 1.66 bits per heavy atom. The molecule has 232 valence electrons. The fraction of sp³-hybridized carbons (Fsp3) is 0.902. The van der Waals surface area contributed by atoms with Crippen molar-refractivity contribution in [3.63, 3.8) is 0 Å². The van der Waals surface area contributed by atoms with Crippen molar-refractivity contribution >= 4 is 0 Å². The first-order chi connectivity index (χ1) is 19.5. The lowest BCUT2D eigenvalue weighted by Crippen LogP contribution is -2.48. The summed E-state index contributed by atoms with van der Waals surface area (Å²) < 4.78 is 0. The van der Waals surface area contributed by atoms with Gasteiger partial charge in [0.05, 0.1) is 0 Å². The Hall–Kier alpha value is -0.520. The van der Waals surface area contributed by atoms with Gasteiger partial charge in [-0.15, -0.1) is 0 Å². The van der Waals surface area contributed by atoms with E-state index in [2.05, 4.69) is 74.0 Å². The second-order valence-electron chi connectivity index (χ2n) is 18.2. The van der Waals surface area contributed by atoms with Gasteiger partial charge >= 0.3 is 0 Å². The molecule has 10 atom stereocenters. The molecule has 0 nitrogen and oxygen atoms in total. The molecule has 6 aliphatic rings. The molecule has 41 heavy (non-hydrogen) atoms. The minimum Gasteiger partial charge on any atom is -0.0856 e. The third kappa shape index (κ3) is 5.96. The predicted octanol–water partition coefficient (Wildman–Crippen LogP) is 12.3. The maximum atomic E-state index is 2.70. The molecule has 6 fully saturated rings. The largest absolute Gasteiger partial charge is 0.0856 e. The summed E-state index contributed by atoms with van der Waals surface area (Å²) >= 11 is 0. The molecule has 0 aromatic heterocycles. The Morgan fingerprint density at radius 1 is 0.951 bits per heavy atom. The maximum Gasteiger partial charge on any atom is -0.0100 e. The maximum absolute atomic E-state index is 2.70. The highest BCUT2D eigenvalue weighted by molar-refractivity contribution is 5.41. The third-order valence-electron chi connectivity index (χ3n) is 15.1. The summed E-state index contributed by atoms with van der Waals surface area (Å²) in [6.07, 6.45) is 23.1. The van der Waals surface area contributed by atoms with Crippen molar-refractivity contribution in [2.24, 2.45) is 81.8 Å². The molecule has 0 radical (unpaired) electrons. The van der Waals surface area contributed by atoms with Crippen molar-refractivity contribution < 1.29 is 0 Å². The molecule has 10 unspecified atom stereocenters. The summed E-state index contributed by atoms with van der Waals surface area (Å²) in [6.45, 7) is 22.6. The van der Waals surface area contributed by atoms with Gasteiger partial charge in [-0.25, -0.2) is 0 Å². The Balaban J connectivity index is 1.13. The quantitative estimate of drug-likeness (QED) is 0.185. The highest BCUT2D eigenvalue weighted by Crippen LogP contribution is 2.74. The minimum atomic E-state index is 0.646. The SMILES string of the molecule is CCC=C(C)C(C)CCC(C)C(C)CC1C(=C2CC(C3(C)CC(C)C3)C2)C1C1CC(C)(CC)C1C1CC1CC1CC1. The molecular formula is C41H68. The van der Waals surface area contributed by atoms with Crippen LogP contribution in [0.2, 0.25) is 0 Å². The Bertz CT molecular complexity index is 993. The van der Waals surface area contributed by atoms with E-state index in [0.29, 0.717) is 10.8 Å². The fourth-order valence-electron chi connectivity index (χ4n) is 11.4. The van der Waals surface area contributed by atoms with E-state index in [1.54, 1.807) is 37.7 Å². The van der Waals surface area contributed by atoms with Gasteiger partial charge in [0.2, 0.25) is 0 Å². The van der Waals surface area contributed by atoms with E-state index in [-0.39, 0.29) is 0 Å². The molecule has 6 rings (SSSR count). The lowest BCUT2D eigenvalue weighted by atomic mass is 9.49. The van der Waals surface area contributed by atoms with Crippen LogP contribution in [0.3, 0.4) is 0 Å². The van der Waals surface area contributed by atoms with Crippen LogP contribution in [0.25, 0.3) is 0 Å². The van der Waals surface area contributed by atoms with Crippen molar-refractivity contribution in [1.82, 2.24) is 0 Å². The predicted molar refractivity (Wildman–Crippen MR) is 178 cm³/mol. The monoisotopic (exact) mass is 561 g/mol. The standard InChI is InChI=1S/C41H68/c1-10-12-26(4)27(5)13-14-28(6)29(7)17-35-37(32-19-33(20-32)41(9)22-25(3)23-41)38(35)36-24-40(8,11-2)39(36)34-21-31(34)18-30-15-16-30/h12,25,27-31,33-36,38-39H,10-11,13-24H2,1-9H3. The minimum absolute atomic E-state index is 0.646. The molecule has 0 aromatic carbocycles. The van der Waals surface area contributed by atoms with Crippen molar-refractivity contribution in [3.8, 4) is 0 Å². The summed E-state index contributed by atoms with van der Waals surface area (Å²) in [5.41, 5.74) is 6.97. The first-order valence-electron chi connectivity index (χ1n) is 18.9. The van der Waals surface area contributed by atoms with Gasteiger partial charge in [-0.05, 0) is 159 Å². The zero-order valence-corrected chi connectivity index (χ0v) is 28.9. The highest BCUT2D eigenvalue weighted by Gasteiger charge is 2.66. The van der Waals surface area contributed by atoms with Crippen LogP contribution in [-0.4, -0.2) is 0 Å². The Kier molecular flexibility index (Phi) is 8.51. The highest BCUT2D eigenvalue weighted by atomic mass is 14.7. The Labute approximate surface area is 256 Å². The summed E-state index contributed by atoms with van der Waals surface area (Å²) in [4.78, 5) is 0. The first kappa shape index (κ1) is 30.5. The molecule has 0 bridgehead atoms. The summed E-state index contributed by atoms with van der Waals surface area (Å²) in [5, 5.41) is 0. The molecule has 0 spiro atoms. The second kappa shape index (κ2) is 11.4. The zero-order chi connectivity index (χ0) is 29.3. The van der Waals surface area contributed by atoms with Gasteiger partial charge in [0.1, 0.15) is 0 Å². The van der Waals surface area contributed by atoms with Crippen molar-refractivity contribution in [2.45, 2.75) is 152 Å². The van der Waals surface area contributed by atoms with E-state index in [4.69, 9.17) is 0 Å². The normalized spacial score (nSPS) is 45.8. The van der Waals surface area contributed by atoms with Gasteiger partial charge in [0.15, 0.2) is 0 Å². The van der Waals surface area contributed by atoms with Gasteiger partial charge < -0.3 is 0 Å². The molecule has 0 heteroatoms. The van der Waals surface area contributed by atoms with Gasteiger partial charge in [-0.1, -0.05) is 97.4 Å². The lowest BCUT2D eigenvalue weighted by Gasteiger charge is -2.55. The molecule has 6 saturated carbocycles. The van der Waals surface area contributed by atoms with Gasteiger partial charge in [0.25, 0.3) is 0 Å². The first-order valence-corrected chi connectivity index (χ1v) is 18.9. The average Bonchev–Trinajstić information content (AvgIpc) is 3.80. The van der Waals surface area contributed by atoms with Gasteiger partial charge in [-0.2, -0.15) is 0 Å². The molecular weight excluding hydrogens is 492 g/mol. The average molecular weight is 561 g/mol. The van der Waals surface area contributed by atoms with Crippen molar-refractivity contribution in [3.05, 3.63) is 22.8 Å². The van der Waals surface area contributed by atoms with Crippen LogP contribution in [0.5, 0.6) is 0 Å².